The van der Waals surface area contributed by atoms with Gasteiger partial charge in [0.05, 0.1) is 6.10 Å². The van der Waals surface area contributed by atoms with Crippen LogP contribution in [-0.4, -0.2) is 40.6 Å². The zero-order valence-corrected chi connectivity index (χ0v) is 19.4. The Morgan fingerprint density at radius 3 is 2.39 bits per heavy atom. The average molecular weight is 433 g/mol. The molecule has 0 heterocycles. The van der Waals surface area contributed by atoms with Crippen molar-refractivity contribution in [1.29, 1.82) is 0 Å². The molecular weight excluding hydrogens is 396 g/mol. The van der Waals surface area contributed by atoms with Gasteiger partial charge in [-0.3, -0.25) is 14.4 Å². The minimum Gasteiger partial charge on any atom is -0.462 e. The van der Waals surface area contributed by atoms with E-state index in [0.717, 1.165) is 38.5 Å². The van der Waals surface area contributed by atoms with E-state index >= 15 is 0 Å². The maximum Gasteiger partial charge on any atom is 0.303 e. The standard InChI is InChI=1S/C25H36O6/c1-14(26)25(31-16(3)28)13-21(30-15(2)27)22-19-7-6-17-12-18(29)8-10-23(17,4)20(19)9-11-24(22,25)5/h6,18-22,29H,7-13H2,1-5H3/t18-,19+,20-,21+,22+,23-,24-,25-/m0/s1. The first-order valence-corrected chi connectivity index (χ1v) is 11.7. The van der Waals surface area contributed by atoms with E-state index in [4.69, 9.17) is 9.47 Å². The molecule has 0 unspecified atom stereocenters. The number of hydrogen-bond acceptors (Lipinski definition) is 6. The lowest BCUT2D eigenvalue weighted by molar-refractivity contribution is -0.187. The molecule has 3 fully saturated rings. The number of ketones is 1. The number of aliphatic hydroxyl groups is 1. The van der Waals surface area contributed by atoms with Crippen LogP contribution in [-0.2, 0) is 23.9 Å². The number of Topliss-reactive ketones (excluding diaryl/α,β-unsaturated/α-hetero) is 1. The first kappa shape index (κ1) is 22.5. The van der Waals surface area contributed by atoms with Crippen molar-refractivity contribution in [2.75, 3.05) is 0 Å². The van der Waals surface area contributed by atoms with Crippen LogP contribution in [0.1, 0.15) is 79.6 Å². The van der Waals surface area contributed by atoms with Gasteiger partial charge in [0.2, 0.25) is 0 Å². The monoisotopic (exact) mass is 432 g/mol. The van der Waals surface area contributed by atoms with E-state index in [1.54, 1.807) is 0 Å². The highest BCUT2D eigenvalue weighted by molar-refractivity contribution is 5.89. The summed E-state index contributed by atoms with van der Waals surface area (Å²) in [6.07, 6.45) is 6.82. The molecule has 1 N–H and O–H groups in total. The fourth-order valence-electron chi connectivity index (χ4n) is 8.05. The summed E-state index contributed by atoms with van der Waals surface area (Å²) in [7, 11) is 0. The van der Waals surface area contributed by atoms with Crippen LogP contribution in [0.4, 0.5) is 0 Å². The molecule has 4 aliphatic carbocycles. The highest BCUT2D eigenvalue weighted by Crippen LogP contribution is 2.68. The Hall–Kier alpha value is -1.69. The Labute approximate surface area is 184 Å². The Balaban J connectivity index is 1.79. The van der Waals surface area contributed by atoms with Gasteiger partial charge in [-0.2, -0.15) is 0 Å². The van der Waals surface area contributed by atoms with E-state index in [-0.39, 0.29) is 41.5 Å². The molecule has 8 atom stereocenters. The Bertz CT molecular complexity index is 832. The number of rotatable bonds is 3. The summed E-state index contributed by atoms with van der Waals surface area (Å²) in [4.78, 5) is 37.1. The summed E-state index contributed by atoms with van der Waals surface area (Å²) in [5, 5.41) is 10.2. The van der Waals surface area contributed by atoms with Crippen LogP contribution in [0.5, 0.6) is 0 Å². The van der Waals surface area contributed by atoms with Gasteiger partial charge in [0, 0.05) is 31.6 Å². The van der Waals surface area contributed by atoms with Crippen molar-refractivity contribution in [3.05, 3.63) is 11.6 Å². The molecule has 3 saturated carbocycles. The molecule has 0 spiro atoms. The molecule has 0 bridgehead atoms. The van der Waals surface area contributed by atoms with Crippen LogP contribution in [0.25, 0.3) is 0 Å². The molecule has 0 amide bonds. The normalized spacial score (nSPS) is 46.1. The van der Waals surface area contributed by atoms with Crippen molar-refractivity contribution in [2.24, 2.45) is 28.6 Å². The number of hydrogen-bond donors (Lipinski definition) is 1. The Morgan fingerprint density at radius 2 is 1.77 bits per heavy atom. The van der Waals surface area contributed by atoms with E-state index in [0.29, 0.717) is 5.92 Å². The minimum atomic E-state index is -1.26. The second-order valence-electron chi connectivity index (χ2n) is 10.9. The number of carbonyl (C=O) groups is 3. The molecule has 0 aromatic rings. The van der Waals surface area contributed by atoms with Gasteiger partial charge < -0.3 is 14.6 Å². The van der Waals surface area contributed by atoms with Gasteiger partial charge in [0.15, 0.2) is 11.4 Å². The second-order valence-corrected chi connectivity index (χ2v) is 10.9. The number of ether oxygens (including phenoxy) is 2. The quantitative estimate of drug-likeness (QED) is 0.540. The van der Waals surface area contributed by atoms with Crippen molar-refractivity contribution >= 4 is 17.7 Å². The lowest BCUT2D eigenvalue weighted by atomic mass is 9.46. The van der Waals surface area contributed by atoms with E-state index in [2.05, 4.69) is 19.9 Å². The maximum atomic E-state index is 13.0. The third-order valence-corrected chi connectivity index (χ3v) is 9.35. The van der Waals surface area contributed by atoms with Gasteiger partial charge in [0.25, 0.3) is 0 Å². The van der Waals surface area contributed by atoms with Gasteiger partial charge in [-0.05, 0) is 62.7 Å². The minimum absolute atomic E-state index is 0.0210. The molecule has 6 nitrogen and oxygen atoms in total. The van der Waals surface area contributed by atoms with Crippen LogP contribution in [0.2, 0.25) is 0 Å². The van der Waals surface area contributed by atoms with Crippen molar-refractivity contribution in [1.82, 2.24) is 0 Å². The summed E-state index contributed by atoms with van der Waals surface area (Å²) >= 11 is 0. The summed E-state index contributed by atoms with van der Waals surface area (Å²) < 4.78 is 11.7. The van der Waals surface area contributed by atoms with Gasteiger partial charge >= 0.3 is 11.9 Å². The van der Waals surface area contributed by atoms with Crippen molar-refractivity contribution in [3.63, 3.8) is 0 Å². The van der Waals surface area contributed by atoms with E-state index in [1.165, 1.54) is 26.3 Å². The van der Waals surface area contributed by atoms with E-state index < -0.39 is 23.1 Å². The van der Waals surface area contributed by atoms with Crippen molar-refractivity contribution in [2.45, 2.75) is 97.4 Å². The number of fused-ring (bicyclic) bond motifs is 5. The molecule has 4 rings (SSSR count). The maximum absolute atomic E-state index is 13.0. The number of aliphatic hydroxyl groups excluding tert-OH is 1. The van der Waals surface area contributed by atoms with Crippen molar-refractivity contribution in [3.8, 4) is 0 Å². The summed E-state index contributed by atoms with van der Waals surface area (Å²) in [6, 6.07) is 0. The largest absolute Gasteiger partial charge is 0.462 e. The first-order valence-electron chi connectivity index (χ1n) is 11.7. The van der Waals surface area contributed by atoms with E-state index in [9.17, 15) is 19.5 Å². The summed E-state index contributed by atoms with van der Waals surface area (Å²) in [6.45, 7) is 8.63. The van der Waals surface area contributed by atoms with E-state index in [1.807, 2.05) is 0 Å². The van der Waals surface area contributed by atoms with Crippen LogP contribution in [0.3, 0.4) is 0 Å². The zero-order chi connectivity index (χ0) is 22.8. The molecule has 0 saturated heterocycles. The Kier molecular flexibility index (Phi) is 5.39. The predicted octanol–water partition coefficient (Wildman–Crippen LogP) is 3.74. The lowest BCUT2D eigenvalue weighted by Crippen LogP contribution is -2.58. The number of esters is 2. The highest BCUT2D eigenvalue weighted by Gasteiger charge is 2.71. The van der Waals surface area contributed by atoms with Gasteiger partial charge in [-0.15, -0.1) is 0 Å². The fourth-order valence-corrected chi connectivity index (χ4v) is 8.05. The highest BCUT2D eigenvalue weighted by atomic mass is 16.6. The van der Waals surface area contributed by atoms with Gasteiger partial charge in [0.1, 0.15) is 6.10 Å². The zero-order valence-electron chi connectivity index (χ0n) is 19.4. The Morgan fingerprint density at radius 1 is 1.06 bits per heavy atom. The third-order valence-electron chi connectivity index (χ3n) is 9.35. The molecule has 172 valence electrons. The molecule has 0 aromatic carbocycles. The smallest absolute Gasteiger partial charge is 0.303 e. The SMILES string of the molecule is CC(=O)O[C@@H]1C[C@](OC(C)=O)(C(C)=O)[C@@]2(C)CC[C@H]3[C@@H](CC=C4C[C@@H](O)CC[C@@]43C)[C@H]12. The van der Waals surface area contributed by atoms with Crippen LogP contribution >= 0.6 is 0 Å². The second kappa shape index (κ2) is 7.43. The topological polar surface area (TPSA) is 89.9 Å². The van der Waals surface area contributed by atoms with Crippen molar-refractivity contribution < 1.29 is 29.0 Å². The fraction of sp³-hybridized carbons (Fsp3) is 0.800. The molecule has 0 radical (unpaired) electrons. The average Bonchev–Trinajstić information content (AvgIpc) is 2.90. The summed E-state index contributed by atoms with van der Waals surface area (Å²) in [5.41, 5.74) is -0.465. The van der Waals surface area contributed by atoms with Gasteiger partial charge in [-0.25, -0.2) is 0 Å². The molecular formula is C25H36O6. The molecule has 4 aliphatic rings. The number of carbonyl (C=O) groups excluding carboxylic acids is 3. The third kappa shape index (κ3) is 3.20. The van der Waals surface area contributed by atoms with Gasteiger partial charge in [-0.1, -0.05) is 25.5 Å². The predicted molar refractivity (Wildman–Crippen MR) is 114 cm³/mol. The molecule has 6 heteroatoms. The molecule has 0 aromatic heterocycles. The first-order chi connectivity index (χ1) is 14.4. The lowest BCUT2D eigenvalue weighted by Gasteiger charge is -2.59. The molecule has 0 aliphatic heterocycles. The van der Waals surface area contributed by atoms with Crippen LogP contribution in [0, 0.1) is 28.6 Å². The summed E-state index contributed by atoms with van der Waals surface area (Å²) in [5.74, 6) is -0.419. The van der Waals surface area contributed by atoms with Crippen LogP contribution < -0.4 is 0 Å². The van der Waals surface area contributed by atoms with Crippen LogP contribution in [0.15, 0.2) is 11.6 Å². The molecule has 31 heavy (non-hydrogen) atoms. The number of allylic oxidation sites excluding steroid dienone is 1.